The zero-order valence-corrected chi connectivity index (χ0v) is 18.6. The fourth-order valence-corrected chi connectivity index (χ4v) is 3.98. The highest BCUT2D eigenvalue weighted by Gasteiger charge is 2.16. The van der Waals surface area contributed by atoms with Gasteiger partial charge in [0, 0.05) is 30.4 Å². The van der Waals surface area contributed by atoms with Gasteiger partial charge in [-0.25, -0.2) is 9.97 Å². The van der Waals surface area contributed by atoms with Crippen molar-refractivity contribution in [2.45, 2.75) is 12.5 Å². The number of carbonyl (C=O) groups excluding carboxylic acids is 1. The molecular weight excluding hydrogens is 432 g/mol. The predicted octanol–water partition coefficient (Wildman–Crippen LogP) is 3.13. The first-order chi connectivity index (χ1) is 16.6. The Morgan fingerprint density at radius 1 is 1.21 bits per heavy atom. The van der Waals surface area contributed by atoms with Gasteiger partial charge in [-0.15, -0.1) is 0 Å². The largest absolute Gasteiger partial charge is 0.507 e. The van der Waals surface area contributed by atoms with Gasteiger partial charge in [0.1, 0.15) is 11.6 Å². The van der Waals surface area contributed by atoms with Gasteiger partial charge in [-0.2, -0.15) is 0 Å². The third-order valence-electron chi connectivity index (χ3n) is 5.76. The number of fused-ring (bicyclic) bond motifs is 1. The van der Waals surface area contributed by atoms with Crippen molar-refractivity contribution in [1.29, 1.82) is 0 Å². The standard InChI is InChI=1S/C25H24N6O3/c1-34-25-18(3-2-9-28-25)15-5-7-22(32)19(11-15)23-30-20-6-4-16(12-21(20)31-23)24(33)27-10-8-17-13-26-14-29-17/h2-7,9,11-12,14,17,32H,8,10,13H2,1H3,(H,26,29)(H,27,33)(H,30,31). The first kappa shape index (κ1) is 21.4. The molecule has 1 unspecified atom stereocenters. The number of hydrogen-bond acceptors (Lipinski definition) is 7. The molecule has 5 rings (SSSR count). The lowest BCUT2D eigenvalue weighted by atomic mass is 10.0. The maximum atomic E-state index is 12.6. The Morgan fingerprint density at radius 3 is 2.94 bits per heavy atom. The summed E-state index contributed by atoms with van der Waals surface area (Å²) in [6.07, 6.45) is 4.15. The van der Waals surface area contributed by atoms with Crippen LogP contribution in [-0.4, -0.2) is 58.5 Å². The minimum absolute atomic E-state index is 0.0905. The highest BCUT2D eigenvalue weighted by atomic mass is 16.5. The molecule has 1 aliphatic rings. The molecule has 4 aromatic rings. The van der Waals surface area contributed by atoms with E-state index in [2.05, 4.69) is 30.6 Å². The number of amides is 1. The number of benzene rings is 2. The molecule has 2 aromatic heterocycles. The fourth-order valence-electron chi connectivity index (χ4n) is 3.98. The van der Waals surface area contributed by atoms with Gasteiger partial charge in [-0.1, -0.05) is 6.07 Å². The van der Waals surface area contributed by atoms with E-state index in [0.717, 1.165) is 24.1 Å². The van der Waals surface area contributed by atoms with Gasteiger partial charge >= 0.3 is 0 Å². The van der Waals surface area contributed by atoms with Crippen molar-refractivity contribution in [3.05, 3.63) is 60.3 Å². The van der Waals surface area contributed by atoms with Gasteiger partial charge < -0.3 is 25.5 Å². The first-order valence-electron chi connectivity index (χ1n) is 11.0. The monoisotopic (exact) mass is 456 g/mol. The van der Waals surface area contributed by atoms with Gasteiger partial charge in [-0.05, 0) is 54.4 Å². The Bertz CT molecular complexity index is 1380. The molecule has 0 saturated carbocycles. The van der Waals surface area contributed by atoms with Crippen LogP contribution in [0.5, 0.6) is 11.6 Å². The quantitative estimate of drug-likeness (QED) is 0.339. The molecule has 0 bridgehead atoms. The number of nitrogens with one attached hydrogen (secondary N) is 3. The number of pyridine rings is 1. The third kappa shape index (κ3) is 4.27. The number of aromatic nitrogens is 3. The Morgan fingerprint density at radius 2 is 2.12 bits per heavy atom. The maximum absolute atomic E-state index is 12.6. The van der Waals surface area contributed by atoms with E-state index < -0.39 is 0 Å². The Hall–Kier alpha value is -4.40. The average Bonchev–Trinajstić information content (AvgIpc) is 3.53. The number of nitrogens with zero attached hydrogens (tertiary/aromatic N) is 3. The van der Waals surface area contributed by atoms with Crippen molar-refractivity contribution in [1.82, 2.24) is 25.6 Å². The van der Waals surface area contributed by atoms with E-state index in [0.29, 0.717) is 40.4 Å². The lowest BCUT2D eigenvalue weighted by molar-refractivity contribution is 0.0953. The molecule has 0 fully saturated rings. The minimum atomic E-state index is -0.151. The molecule has 4 N–H and O–H groups in total. The van der Waals surface area contributed by atoms with E-state index in [1.165, 1.54) is 0 Å². The summed E-state index contributed by atoms with van der Waals surface area (Å²) in [7, 11) is 1.57. The van der Waals surface area contributed by atoms with Crippen LogP contribution in [0.15, 0.2) is 59.7 Å². The zero-order chi connectivity index (χ0) is 23.5. The van der Waals surface area contributed by atoms with E-state index in [-0.39, 0.29) is 17.7 Å². The van der Waals surface area contributed by atoms with E-state index in [1.807, 2.05) is 18.2 Å². The number of methoxy groups -OCH3 is 1. The van der Waals surface area contributed by atoms with Crippen molar-refractivity contribution >= 4 is 23.3 Å². The predicted molar refractivity (Wildman–Crippen MR) is 130 cm³/mol. The fraction of sp³-hybridized carbons (Fsp3) is 0.200. The zero-order valence-electron chi connectivity index (χ0n) is 18.6. The normalized spacial score (nSPS) is 14.8. The lowest BCUT2D eigenvalue weighted by Gasteiger charge is -2.09. The molecule has 0 saturated heterocycles. The summed E-state index contributed by atoms with van der Waals surface area (Å²) in [5.41, 5.74) is 4.11. The molecule has 1 aliphatic heterocycles. The molecule has 172 valence electrons. The molecule has 1 atom stereocenters. The third-order valence-corrected chi connectivity index (χ3v) is 5.76. The molecule has 9 heteroatoms. The highest BCUT2D eigenvalue weighted by molar-refractivity contribution is 5.97. The molecule has 34 heavy (non-hydrogen) atoms. The second-order valence-electron chi connectivity index (χ2n) is 7.99. The second kappa shape index (κ2) is 9.22. The Balaban J connectivity index is 1.39. The van der Waals surface area contributed by atoms with E-state index in [1.54, 1.807) is 50.0 Å². The second-order valence-corrected chi connectivity index (χ2v) is 7.99. The SMILES string of the molecule is COc1ncccc1-c1ccc(O)c(-c2nc3ccc(C(=O)NCCC4CNC=N4)cc3[nH]2)c1. The summed E-state index contributed by atoms with van der Waals surface area (Å²) in [6.45, 7) is 1.35. The van der Waals surface area contributed by atoms with Crippen molar-refractivity contribution in [2.75, 3.05) is 20.2 Å². The summed E-state index contributed by atoms with van der Waals surface area (Å²) < 4.78 is 5.37. The number of carbonyl (C=O) groups is 1. The number of ether oxygens (including phenoxy) is 1. The number of H-pyrrole nitrogens is 1. The van der Waals surface area contributed by atoms with Crippen molar-refractivity contribution in [3.8, 4) is 34.1 Å². The molecule has 0 radical (unpaired) electrons. The maximum Gasteiger partial charge on any atom is 0.251 e. The number of phenols is 1. The number of aliphatic imine (C=N–C) groups is 1. The van der Waals surface area contributed by atoms with Crippen LogP contribution in [0.25, 0.3) is 33.5 Å². The molecule has 3 heterocycles. The summed E-state index contributed by atoms with van der Waals surface area (Å²) >= 11 is 0. The van der Waals surface area contributed by atoms with Crippen molar-refractivity contribution in [3.63, 3.8) is 0 Å². The number of aromatic amines is 1. The van der Waals surface area contributed by atoms with E-state index in [9.17, 15) is 9.90 Å². The van der Waals surface area contributed by atoms with Crippen LogP contribution >= 0.6 is 0 Å². The Kier molecular flexibility index (Phi) is 5.82. The molecule has 2 aromatic carbocycles. The van der Waals surface area contributed by atoms with Gasteiger partial charge in [0.2, 0.25) is 5.88 Å². The number of phenolic OH excluding ortho intramolecular Hbond substituents is 1. The van der Waals surface area contributed by atoms with Crippen LogP contribution in [0.1, 0.15) is 16.8 Å². The summed E-state index contributed by atoms with van der Waals surface area (Å²) in [4.78, 5) is 29.0. The smallest absolute Gasteiger partial charge is 0.251 e. The average molecular weight is 457 g/mol. The van der Waals surface area contributed by atoms with Crippen LogP contribution in [0, 0.1) is 0 Å². The van der Waals surface area contributed by atoms with Gasteiger partial charge in [-0.3, -0.25) is 9.79 Å². The molecule has 0 aliphatic carbocycles. The number of imidazole rings is 1. The molecular formula is C25H24N6O3. The van der Waals surface area contributed by atoms with Crippen LogP contribution in [0.3, 0.4) is 0 Å². The number of rotatable bonds is 7. The molecule has 0 spiro atoms. The van der Waals surface area contributed by atoms with Gasteiger partial charge in [0.05, 0.1) is 36.1 Å². The Labute approximate surface area is 195 Å². The first-order valence-corrected chi connectivity index (χ1v) is 11.0. The molecule has 1 amide bonds. The van der Waals surface area contributed by atoms with Crippen molar-refractivity contribution < 1.29 is 14.6 Å². The van der Waals surface area contributed by atoms with E-state index in [4.69, 9.17) is 4.74 Å². The highest BCUT2D eigenvalue weighted by Crippen LogP contribution is 2.35. The van der Waals surface area contributed by atoms with Gasteiger partial charge in [0.15, 0.2) is 0 Å². The summed E-state index contributed by atoms with van der Waals surface area (Å²) in [6, 6.07) is 14.5. The summed E-state index contributed by atoms with van der Waals surface area (Å²) in [5.74, 6) is 0.936. The van der Waals surface area contributed by atoms with Crippen LogP contribution < -0.4 is 15.4 Å². The minimum Gasteiger partial charge on any atom is -0.507 e. The lowest BCUT2D eigenvalue weighted by Crippen LogP contribution is -2.28. The van der Waals surface area contributed by atoms with Crippen LogP contribution in [-0.2, 0) is 0 Å². The van der Waals surface area contributed by atoms with E-state index >= 15 is 0 Å². The van der Waals surface area contributed by atoms with Gasteiger partial charge in [0.25, 0.3) is 5.91 Å². The topological polar surface area (TPSA) is 125 Å². The van der Waals surface area contributed by atoms with Crippen LogP contribution in [0.4, 0.5) is 0 Å². The van der Waals surface area contributed by atoms with Crippen molar-refractivity contribution in [2.24, 2.45) is 4.99 Å². The molecule has 9 nitrogen and oxygen atoms in total. The number of aromatic hydroxyl groups is 1. The summed E-state index contributed by atoms with van der Waals surface area (Å²) in [5, 5.41) is 16.5. The number of hydrogen-bond donors (Lipinski definition) is 4. The van der Waals surface area contributed by atoms with Crippen LogP contribution in [0.2, 0.25) is 0 Å².